The van der Waals surface area contributed by atoms with E-state index >= 15 is 0 Å². The fourth-order valence-corrected chi connectivity index (χ4v) is 4.32. The molecule has 4 atom stereocenters. The summed E-state index contributed by atoms with van der Waals surface area (Å²) in [6.07, 6.45) is 0.137. The standard InChI is InChI=1S/C22H23NO4/c1-22(26-2)17(13-14-18(22)24)23-19(15-9-5-3-6-10-15)20(27-21(23)25)16-11-7-4-8-12-16/h3-12,17,19-20H,13-14H2,1-2H3/t17-,19-,20+,22+/m1/s1. The van der Waals surface area contributed by atoms with E-state index in [0.717, 1.165) is 11.1 Å². The molecule has 2 aromatic rings. The summed E-state index contributed by atoms with van der Waals surface area (Å²) in [6.45, 7) is 1.78. The molecule has 0 N–H and O–H groups in total. The van der Waals surface area contributed by atoms with Crippen molar-refractivity contribution in [2.45, 2.75) is 43.6 Å². The van der Waals surface area contributed by atoms with Crippen molar-refractivity contribution in [3.8, 4) is 0 Å². The number of amides is 1. The first kappa shape index (κ1) is 17.7. The van der Waals surface area contributed by atoms with Crippen molar-refractivity contribution >= 4 is 11.9 Å². The number of Topliss-reactive ketones (excluding diaryl/α,β-unsaturated/α-hetero) is 1. The summed E-state index contributed by atoms with van der Waals surface area (Å²) >= 11 is 0. The molecule has 2 fully saturated rings. The lowest BCUT2D eigenvalue weighted by Crippen LogP contribution is -2.53. The van der Waals surface area contributed by atoms with Crippen LogP contribution in [-0.4, -0.2) is 35.5 Å². The highest BCUT2D eigenvalue weighted by Crippen LogP contribution is 2.48. The first-order valence-corrected chi connectivity index (χ1v) is 9.23. The molecule has 1 saturated heterocycles. The van der Waals surface area contributed by atoms with Crippen LogP contribution < -0.4 is 0 Å². The van der Waals surface area contributed by atoms with Crippen molar-refractivity contribution in [1.29, 1.82) is 0 Å². The fourth-order valence-electron chi connectivity index (χ4n) is 4.32. The minimum atomic E-state index is -1.02. The average Bonchev–Trinajstić information content (AvgIpc) is 3.20. The zero-order valence-electron chi connectivity index (χ0n) is 15.5. The van der Waals surface area contributed by atoms with Gasteiger partial charge >= 0.3 is 6.09 Å². The van der Waals surface area contributed by atoms with E-state index in [4.69, 9.17) is 9.47 Å². The lowest BCUT2D eigenvalue weighted by Gasteiger charge is -2.37. The average molecular weight is 365 g/mol. The lowest BCUT2D eigenvalue weighted by molar-refractivity contribution is -0.139. The molecule has 5 nitrogen and oxygen atoms in total. The van der Waals surface area contributed by atoms with Crippen LogP contribution in [0.1, 0.15) is 43.0 Å². The van der Waals surface area contributed by atoms with E-state index in [1.54, 1.807) is 11.8 Å². The Labute approximate surface area is 158 Å². The van der Waals surface area contributed by atoms with Crippen LogP contribution in [0.4, 0.5) is 4.79 Å². The lowest BCUT2D eigenvalue weighted by atomic mass is 9.91. The van der Waals surface area contributed by atoms with Crippen LogP contribution in [0, 0.1) is 0 Å². The highest BCUT2D eigenvalue weighted by atomic mass is 16.6. The van der Waals surface area contributed by atoms with Crippen molar-refractivity contribution < 1.29 is 19.1 Å². The summed E-state index contributed by atoms with van der Waals surface area (Å²) < 4.78 is 11.4. The normalized spacial score (nSPS) is 30.6. The number of hydrogen-bond donors (Lipinski definition) is 0. The molecular weight excluding hydrogens is 342 g/mol. The SMILES string of the molecule is CO[C@]1(C)C(=O)CC[C@H]1N1C(=O)O[C@@H](c2ccccc2)[C@H]1c1ccccc1. The number of rotatable bonds is 4. The molecule has 140 valence electrons. The van der Waals surface area contributed by atoms with Crippen LogP contribution in [0.15, 0.2) is 60.7 Å². The van der Waals surface area contributed by atoms with Crippen LogP contribution in [-0.2, 0) is 14.3 Å². The molecule has 27 heavy (non-hydrogen) atoms. The van der Waals surface area contributed by atoms with Crippen molar-refractivity contribution in [3.63, 3.8) is 0 Å². The molecule has 1 heterocycles. The maximum atomic E-state index is 13.0. The second kappa shape index (κ2) is 6.82. The van der Waals surface area contributed by atoms with Gasteiger partial charge in [0.1, 0.15) is 11.6 Å². The van der Waals surface area contributed by atoms with Crippen LogP contribution in [0.25, 0.3) is 0 Å². The minimum absolute atomic E-state index is 0.0257. The van der Waals surface area contributed by atoms with E-state index in [2.05, 4.69) is 0 Å². The molecule has 1 aliphatic heterocycles. The Morgan fingerprint density at radius 1 is 1.00 bits per heavy atom. The number of hydrogen-bond acceptors (Lipinski definition) is 4. The third kappa shape index (κ3) is 2.82. The Kier molecular flexibility index (Phi) is 4.48. The van der Waals surface area contributed by atoms with Crippen molar-refractivity contribution in [1.82, 2.24) is 4.90 Å². The van der Waals surface area contributed by atoms with Crippen LogP contribution in [0.3, 0.4) is 0 Å². The molecule has 0 spiro atoms. The van der Waals surface area contributed by atoms with Gasteiger partial charge < -0.3 is 9.47 Å². The molecular formula is C22H23NO4. The van der Waals surface area contributed by atoms with Crippen molar-refractivity contribution in [2.75, 3.05) is 7.11 Å². The first-order valence-electron chi connectivity index (χ1n) is 9.23. The van der Waals surface area contributed by atoms with Crippen LogP contribution >= 0.6 is 0 Å². The minimum Gasteiger partial charge on any atom is -0.439 e. The summed E-state index contributed by atoms with van der Waals surface area (Å²) in [7, 11) is 1.53. The van der Waals surface area contributed by atoms with Crippen LogP contribution in [0.2, 0.25) is 0 Å². The number of carbonyl (C=O) groups excluding carboxylic acids is 2. The molecule has 1 saturated carbocycles. The van der Waals surface area contributed by atoms with E-state index in [0.29, 0.717) is 12.8 Å². The molecule has 2 aliphatic rings. The highest BCUT2D eigenvalue weighted by Gasteiger charge is 2.56. The number of nitrogens with zero attached hydrogens (tertiary/aromatic N) is 1. The van der Waals surface area contributed by atoms with Crippen molar-refractivity contribution in [3.05, 3.63) is 71.8 Å². The van der Waals surface area contributed by atoms with Gasteiger partial charge in [0, 0.05) is 13.5 Å². The molecule has 1 aliphatic carbocycles. The van der Waals surface area contributed by atoms with E-state index in [-0.39, 0.29) is 17.9 Å². The topological polar surface area (TPSA) is 55.8 Å². The number of methoxy groups -OCH3 is 1. The third-order valence-electron chi connectivity index (χ3n) is 5.89. The zero-order valence-corrected chi connectivity index (χ0v) is 15.5. The zero-order chi connectivity index (χ0) is 19.0. The quantitative estimate of drug-likeness (QED) is 0.820. The fraction of sp³-hybridized carbons (Fsp3) is 0.364. The molecule has 2 aromatic carbocycles. The molecule has 0 unspecified atom stereocenters. The van der Waals surface area contributed by atoms with E-state index in [1.807, 2.05) is 60.7 Å². The first-order chi connectivity index (χ1) is 13.1. The highest BCUT2D eigenvalue weighted by molar-refractivity contribution is 5.91. The summed E-state index contributed by atoms with van der Waals surface area (Å²) in [5.41, 5.74) is 0.901. The monoisotopic (exact) mass is 365 g/mol. The van der Waals surface area contributed by atoms with Gasteiger partial charge in [-0.3, -0.25) is 9.69 Å². The molecule has 4 rings (SSSR count). The summed E-state index contributed by atoms with van der Waals surface area (Å²) in [6, 6.07) is 18.9. The Balaban J connectivity index is 1.80. The summed E-state index contributed by atoms with van der Waals surface area (Å²) in [4.78, 5) is 27.2. The number of carbonyl (C=O) groups is 2. The Bertz CT molecular complexity index is 838. The maximum absolute atomic E-state index is 13.0. The second-order valence-electron chi connectivity index (χ2n) is 7.27. The Morgan fingerprint density at radius 3 is 2.19 bits per heavy atom. The molecule has 0 aromatic heterocycles. The van der Waals surface area contributed by atoms with Gasteiger partial charge in [0.15, 0.2) is 11.9 Å². The van der Waals surface area contributed by atoms with Crippen molar-refractivity contribution in [2.24, 2.45) is 0 Å². The van der Waals surface area contributed by atoms with E-state index in [9.17, 15) is 9.59 Å². The molecule has 1 amide bonds. The Morgan fingerprint density at radius 2 is 1.59 bits per heavy atom. The third-order valence-corrected chi connectivity index (χ3v) is 5.89. The summed E-state index contributed by atoms with van der Waals surface area (Å²) in [5.74, 6) is 0.0257. The van der Waals surface area contributed by atoms with Crippen LogP contribution in [0.5, 0.6) is 0 Å². The molecule has 0 radical (unpaired) electrons. The number of ether oxygens (including phenoxy) is 2. The maximum Gasteiger partial charge on any atom is 0.411 e. The van der Waals surface area contributed by atoms with Gasteiger partial charge in [-0.25, -0.2) is 4.79 Å². The number of cyclic esters (lactones) is 1. The van der Waals surface area contributed by atoms with E-state index < -0.39 is 17.8 Å². The van der Waals surface area contributed by atoms with Gasteiger partial charge in [-0.1, -0.05) is 60.7 Å². The second-order valence-corrected chi connectivity index (χ2v) is 7.27. The smallest absolute Gasteiger partial charge is 0.411 e. The number of benzene rings is 2. The van der Waals surface area contributed by atoms with Gasteiger partial charge in [0.25, 0.3) is 0 Å². The predicted molar refractivity (Wildman–Crippen MR) is 100 cm³/mol. The molecule has 0 bridgehead atoms. The largest absolute Gasteiger partial charge is 0.439 e. The predicted octanol–water partition coefficient (Wildman–Crippen LogP) is 4.06. The van der Waals surface area contributed by atoms with Gasteiger partial charge in [-0.2, -0.15) is 0 Å². The number of ketones is 1. The summed E-state index contributed by atoms with van der Waals surface area (Å²) in [5, 5.41) is 0. The Hall–Kier alpha value is -2.66. The van der Waals surface area contributed by atoms with Gasteiger partial charge in [0.05, 0.1) is 6.04 Å². The van der Waals surface area contributed by atoms with Gasteiger partial charge in [0.2, 0.25) is 0 Å². The van der Waals surface area contributed by atoms with Gasteiger partial charge in [-0.05, 0) is 24.5 Å². The van der Waals surface area contributed by atoms with Gasteiger partial charge in [-0.15, -0.1) is 0 Å². The van der Waals surface area contributed by atoms with E-state index in [1.165, 1.54) is 7.11 Å². The molecule has 5 heteroatoms.